The average molecular weight is 346 g/mol. The first kappa shape index (κ1) is 17.5. The van der Waals surface area contributed by atoms with E-state index in [1.165, 1.54) is 5.56 Å². The van der Waals surface area contributed by atoms with Gasteiger partial charge in [-0.1, -0.05) is 54.6 Å². The maximum Gasteiger partial charge on any atom is 0.169 e. The fourth-order valence-corrected chi connectivity index (χ4v) is 2.70. The Bertz CT molecular complexity index is 849. The minimum absolute atomic E-state index is 0.673. The van der Waals surface area contributed by atoms with E-state index in [0.29, 0.717) is 18.0 Å². The number of nitrogens with zero attached hydrogens (tertiary/aromatic N) is 2. The van der Waals surface area contributed by atoms with Gasteiger partial charge in [-0.05, 0) is 29.8 Å². The van der Waals surface area contributed by atoms with Crippen LogP contribution in [0.4, 0.5) is 5.69 Å². The first-order valence-electron chi connectivity index (χ1n) is 8.43. The van der Waals surface area contributed by atoms with Crippen molar-refractivity contribution in [2.75, 3.05) is 19.2 Å². The summed E-state index contributed by atoms with van der Waals surface area (Å²) in [5, 5.41) is 6.68. The first-order chi connectivity index (χ1) is 12.8. The smallest absolute Gasteiger partial charge is 0.169 e. The van der Waals surface area contributed by atoms with Crippen LogP contribution in [0.25, 0.3) is 0 Å². The van der Waals surface area contributed by atoms with Gasteiger partial charge in [0.1, 0.15) is 0 Å². The second-order valence-electron chi connectivity index (χ2n) is 5.71. The van der Waals surface area contributed by atoms with Gasteiger partial charge >= 0.3 is 0 Å². The molecular weight excluding hydrogens is 324 g/mol. The lowest BCUT2D eigenvalue weighted by Crippen LogP contribution is -2.16. The molecule has 0 aliphatic rings. The summed E-state index contributed by atoms with van der Waals surface area (Å²) in [7, 11) is 3.26. The molecule has 0 radical (unpaired) electrons. The van der Waals surface area contributed by atoms with Gasteiger partial charge in [-0.2, -0.15) is 5.10 Å². The van der Waals surface area contributed by atoms with Crippen molar-refractivity contribution >= 4 is 11.9 Å². The number of hydrogen-bond donors (Lipinski definition) is 0. The van der Waals surface area contributed by atoms with Crippen LogP contribution in [0.1, 0.15) is 11.1 Å². The van der Waals surface area contributed by atoms with Gasteiger partial charge in [-0.25, -0.2) is 0 Å². The second kappa shape index (κ2) is 8.72. The molecule has 0 spiro atoms. The van der Waals surface area contributed by atoms with Gasteiger partial charge in [0.15, 0.2) is 11.5 Å². The monoisotopic (exact) mass is 346 g/mol. The lowest BCUT2D eigenvalue weighted by molar-refractivity contribution is 0.354. The Labute approximate surface area is 154 Å². The first-order valence-corrected chi connectivity index (χ1v) is 8.43. The number of para-hydroxylation sites is 2. The summed E-state index contributed by atoms with van der Waals surface area (Å²) in [5.74, 6) is 1.36. The fourth-order valence-electron chi connectivity index (χ4n) is 2.70. The van der Waals surface area contributed by atoms with E-state index in [0.717, 1.165) is 11.3 Å². The highest BCUT2D eigenvalue weighted by Gasteiger charge is 2.09. The van der Waals surface area contributed by atoms with E-state index in [4.69, 9.17) is 14.6 Å². The normalized spacial score (nSPS) is 10.7. The van der Waals surface area contributed by atoms with Gasteiger partial charge in [0, 0.05) is 5.56 Å². The van der Waals surface area contributed by atoms with E-state index in [2.05, 4.69) is 12.1 Å². The van der Waals surface area contributed by atoms with Crippen molar-refractivity contribution in [1.29, 1.82) is 0 Å². The molecule has 0 amide bonds. The highest BCUT2D eigenvalue weighted by molar-refractivity contribution is 5.85. The van der Waals surface area contributed by atoms with E-state index in [1.807, 2.05) is 71.7 Å². The van der Waals surface area contributed by atoms with Crippen LogP contribution in [0.5, 0.6) is 11.5 Å². The molecule has 0 fully saturated rings. The van der Waals surface area contributed by atoms with Gasteiger partial charge in [0.25, 0.3) is 0 Å². The number of ether oxygens (including phenoxy) is 2. The molecule has 0 unspecified atom stereocenters. The molecule has 0 aromatic heterocycles. The molecule has 0 aliphatic heterocycles. The molecule has 0 atom stereocenters. The Morgan fingerprint density at radius 3 is 2.15 bits per heavy atom. The van der Waals surface area contributed by atoms with Gasteiger partial charge in [-0.3, -0.25) is 5.01 Å². The van der Waals surface area contributed by atoms with Crippen molar-refractivity contribution in [3.05, 3.63) is 90.0 Å². The summed E-state index contributed by atoms with van der Waals surface area (Å²) in [6, 6.07) is 26.1. The minimum Gasteiger partial charge on any atom is -0.493 e. The average Bonchev–Trinajstić information content (AvgIpc) is 2.72. The van der Waals surface area contributed by atoms with Crippen LogP contribution in [0.2, 0.25) is 0 Å². The molecule has 3 aromatic carbocycles. The molecule has 26 heavy (non-hydrogen) atoms. The summed E-state index contributed by atoms with van der Waals surface area (Å²) in [5.41, 5.74) is 3.07. The fraction of sp³-hybridized carbons (Fsp3) is 0.136. The van der Waals surface area contributed by atoms with Gasteiger partial charge < -0.3 is 9.47 Å². The van der Waals surface area contributed by atoms with Crippen LogP contribution in [-0.2, 0) is 6.54 Å². The standard InChI is InChI=1S/C22H22N2O2/c1-25-21-15-9-12-19(22(21)26-2)16-23-24(20-13-7-4-8-14-20)17-18-10-5-3-6-11-18/h3-16H,17H2,1-2H3. The zero-order valence-corrected chi connectivity index (χ0v) is 15.0. The van der Waals surface area contributed by atoms with Crippen molar-refractivity contribution in [2.24, 2.45) is 5.10 Å². The van der Waals surface area contributed by atoms with Crippen LogP contribution in [-0.4, -0.2) is 20.4 Å². The molecule has 4 nitrogen and oxygen atoms in total. The topological polar surface area (TPSA) is 34.1 Å². The largest absolute Gasteiger partial charge is 0.493 e. The third-order valence-corrected chi connectivity index (χ3v) is 4.00. The molecule has 0 aliphatic carbocycles. The summed E-state index contributed by atoms with van der Waals surface area (Å²) >= 11 is 0. The van der Waals surface area contributed by atoms with Crippen molar-refractivity contribution in [1.82, 2.24) is 0 Å². The van der Waals surface area contributed by atoms with Crippen molar-refractivity contribution in [3.63, 3.8) is 0 Å². The molecule has 3 rings (SSSR count). The Morgan fingerprint density at radius 2 is 1.50 bits per heavy atom. The number of rotatable bonds is 7. The molecule has 0 saturated carbocycles. The highest BCUT2D eigenvalue weighted by atomic mass is 16.5. The number of anilines is 1. The summed E-state index contributed by atoms with van der Waals surface area (Å²) in [6.07, 6.45) is 1.80. The second-order valence-corrected chi connectivity index (χ2v) is 5.71. The van der Waals surface area contributed by atoms with Crippen molar-refractivity contribution in [3.8, 4) is 11.5 Å². The summed E-state index contributed by atoms with van der Waals surface area (Å²) in [6.45, 7) is 0.674. The predicted octanol–water partition coefficient (Wildman–Crippen LogP) is 4.74. The molecule has 3 aromatic rings. The zero-order valence-electron chi connectivity index (χ0n) is 15.0. The number of benzene rings is 3. The maximum absolute atomic E-state index is 5.49. The van der Waals surface area contributed by atoms with Crippen LogP contribution in [0.3, 0.4) is 0 Å². The predicted molar refractivity (Wildman–Crippen MR) is 106 cm³/mol. The van der Waals surface area contributed by atoms with Crippen LogP contribution in [0, 0.1) is 0 Å². The minimum atomic E-state index is 0.673. The van der Waals surface area contributed by atoms with Crippen LogP contribution >= 0.6 is 0 Å². The molecule has 0 N–H and O–H groups in total. The molecule has 0 bridgehead atoms. The lowest BCUT2D eigenvalue weighted by atomic mass is 10.2. The van der Waals surface area contributed by atoms with E-state index >= 15 is 0 Å². The van der Waals surface area contributed by atoms with E-state index in [-0.39, 0.29) is 0 Å². The van der Waals surface area contributed by atoms with E-state index in [1.54, 1.807) is 20.4 Å². The molecule has 0 heterocycles. The lowest BCUT2D eigenvalue weighted by Gasteiger charge is -2.19. The highest BCUT2D eigenvalue weighted by Crippen LogP contribution is 2.29. The summed E-state index contributed by atoms with van der Waals surface area (Å²) < 4.78 is 10.9. The molecular formula is C22H22N2O2. The van der Waals surface area contributed by atoms with E-state index in [9.17, 15) is 0 Å². The van der Waals surface area contributed by atoms with Crippen molar-refractivity contribution < 1.29 is 9.47 Å². The SMILES string of the molecule is COc1cccc(C=NN(Cc2ccccc2)c2ccccc2)c1OC. The van der Waals surface area contributed by atoms with E-state index < -0.39 is 0 Å². The zero-order chi connectivity index (χ0) is 18.2. The Hall–Kier alpha value is -3.27. The quantitative estimate of drug-likeness (QED) is 0.457. The maximum atomic E-state index is 5.49. The van der Waals surface area contributed by atoms with Gasteiger partial charge in [0.05, 0.1) is 32.7 Å². The van der Waals surface area contributed by atoms with Crippen LogP contribution < -0.4 is 14.5 Å². The number of hydrazone groups is 1. The number of hydrogen-bond acceptors (Lipinski definition) is 4. The Kier molecular flexibility index (Phi) is 5.88. The van der Waals surface area contributed by atoms with Crippen molar-refractivity contribution in [2.45, 2.75) is 6.54 Å². The van der Waals surface area contributed by atoms with Crippen LogP contribution in [0.15, 0.2) is 84.0 Å². The molecule has 132 valence electrons. The van der Waals surface area contributed by atoms with Gasteiger partial charge in [0.2, 0.25) is 0 Å². The van der Waals surface area contributed by atoms with Gasteiger partial charge in [-0.15, -0.1) is 0 Å². The third-order valence-electron chi connectivity index (χ3n) is 4.00. The molecule has 4 heteroatoms. The Morgan fingerprint density at radius 1 is 0.808 bits per heavy atom. The molecule has 0 saturated heterocycles. The third kappa shape index (κ3) is 4.22. The Balaban J connectivity index is 1.92. The number of methoxy groups -OCH3 is 2. The summed E-state index contributed by atoms with van der Waals surface area (Å²) in [4.78, 5) is 0.